The van der Waals surface area contributed by atoms with Crippen molar-refractivity contribution >= 4 is 36.4 Å². The van der Waals surface area contributed by atoms with Gasteiger partial charge in [-0.2, -0.15) is 0 Å². The predicted molar refractivity (Wildman–Crippen MR) is 109 cm³/mol. The smallest absolute Gasteiger partial charge is 0.224 e. The molecule has 0 bridgehead atoms. The van der Waals surface area contributed by atoms with Gasteiger partial charge in [0.05, 0.1) is 11.6 Å². The molecule has 0 fully saturated rings. The molecule has 3 aromatic rings. The fraction of sp³-hybridized carbons (Fsp3) is 0.263. The Morgan fingerprint density at radius 3 is 2.54 bits per heavy atom. The van der Waals surface area contributed by atoms with E-state index < -0.39 is 0 Å². The first-order valence-corrected chi connectivity index (χ1v) is 8.16. The Kier molecular flexibility index (Phi) is 8.58. The van der Waals surface area contributed by atoms with Gasteiger partial charge in [0.2, 0.25) is 5.91 Å². The molecule has 7 heteroatoms. The highest BCUT2D eigenvalue weighted by atomic mass is 35.5. The molecule has 0 aliphatic heterocycles. The van der Waals surface area contributed by atoms with Crippen molar-refractivity contribution in [3.63, 3.8) is 0 Å². The zero-order chi connectivity index (χ0) is 16.9. The molecule has 3 rings (SSSR count). The first-order valence-electron chi connectivity index (χ1n) is 8.16. The number of amides is 1. The van der Waals surface area contributed by atoms with Gasteiger partial charge in [0.25, 0.3) is 0 Å². The minimum Gasteiger partial charge on any atom is -0.355 e. The van der Waals surface area contributed by atoms with Crippen LogP contribution in [0.3, 0.4) is 0 Å². The highest BCUT2D eigenvalue weighted by molar-refractivity contribution is 5.85. The molecule has 0 aliphatic carbocycles. The van der Waals surface area contributed by atoms with E-state index in [-0.39, 0.29) is 42.7 Å². The molecule has 2 atom stereocenters. The van der Waals surface area contributed by atoms with Crippen LogP contribution >= 0.6 is 24.8 Å². The number of aromatic nitrogens is 2. The topological polar surface area (TPSA) is 72.4 Å². The highest BCUT2D eigenvalue weighted by Gasteiger charge is 2.21. The van der Waals surface area contributed by atoms with E-state index in [2.05, 4.69) is 10.3 Å². The van der Waals surface area contributed by atoms with E-state index >= 15 is 0 Å². The number of nitrogens with zero attached hydrogens (tertiary/aromatic N) is 2. The van der Waals surface area contributed by atoms with Crippen molar-refractivity contribution in [2.75, 3.05) is 6.54 Å². The molecule has 2 aromatic heterocycles. The molecule has 1 aromatic carbocycles. The Hall–Kier alpha value is -2.08. The van der Waals surface area contributed by atoms with Crippen LogP contribution in [0.25, 0.3) is 5.65 Å². The molecule has 2 unspecified atom stereocenters. The van der Waals surface area contributed by atoms with Crippen LogP contribution in [0, 0.1) is 5.92 Å². The average Bonchev–Trinajstić information content (AvgIpc) is 3.03. The Morgan fingerprint density at radius 1 is 1.15 bits per heavy atom. The number of hydrogen-bond donors (Lipinski definition) is 2. The Bertz CT molecular complexity index is 790. The molecular formula is C19H24Cl2N4O. The summed E-state index contributed by atoms with van der Waals surface area (Å²) in [6, 6.07) is 15.3. The number of pyridine rings is 1. The van der Waals surface area contributed by atoms with E-state index in [1.807, 2.05) is 72.2 Å². The summed E-state index contributed by atoms with van der Waals surface area (Å²) in [5.41, 5.74) is 9.04. The summed E-state index contributed by atoms with van der Waals surface area (Å²) in [5, 5.41) is 2.96. The summed E-state index contributed by atoms with van der Waals surface area (Å²) in [7, 11) is 0. The molecule has 0 saturated heterocycles. The van der Waals surface area contributed by atoms with Gasteiger partial charge >= 0.3 is 0 Å². The molecule has 3 N–H and O–H groups in total. The van der Waals surface area contributed by atoms with Crippen molar-refractivity contribution < 1.29 is 4.79 Å². The third kappa shape index (κ3) is 5.21. The predicted octanol–water partition coefficient (Wildman–Crippen LogP) is 3.17. The van der Waals surface area contributed by atoms with Gasteiger partial charge in [0.1, 0.15) is 5.65 Å². The number of nitrogens with two attached hydrogens (primary N) is 1. The Balaban J connectivity index is 0.00000169. The number of halogens is 2. The van der Waals surface area contributed by atoms with Crippen LogP contribution in [0.2, 0.25) is 0 Å². The molecule has 140 valence electrons. The summed E-state index contributed by atoms with van der Waals surface area (Å²) < 4.78 is 1.98. The van der Waals surface area contributed by atoms with Crippen molar-refractivity contribution in [2.45, 2.75) is 19.4 Å². The van der Waals surface area contributed by atoms with Crippen LogP contribution in [0.1, 0.15) is 24.2 Å². The summed E-state index contributed by atoms with van der Waals surface area (Å²) in [5.74, 6) is -0.316. The van der Waals surface area contributed by atoms with Gasteiger partial charge in [-0.05, 0) is 17.7 Å². The number of benzene rings is 1. The maximum absolute atomic E-state index is 12.3. The van der Waals surface area contributed by atoms with E-state index in [9.17, 15) is 4.79 Å². The normalized spacial score (nSPS) is 12.5. The molecule has 5 nitrogen and oxygen atoms in total. The van der Waals surface area contributed by atoms with Crippen molar-refractivity contribution in [3.05, 3.63) is 72.2 Å². The van der Waals surface area contributed by atoms with Crippen LogP contribution in [-0.2, 0) is 11.2 Å². The van der Waals surface area contributed by atoms with Crippen LogP contribution in [0.15, 0.2) is 60.9 Å². The second kappa shape index (κ2) is 10.2. The standard InChI is InChI=1S/C19H22N4O.2ClH/c1-14(18(20)15-7-3-2-4-8-15)19(24)21-11-10-16-13-23-12-6-5-9-17(23)22-16;;/h2-9,12-14,18H,10-11,20H2,1H3,(H,21,24);2*1H. The lowest BCUT2D eigenvalue weighted by atomic mass is 9.94. The fourth-order valence-electron chi connectivity index (χ4n) is 2.71. The summed E-state index contributed by atoms with van der Waals surface area (Å²) in [6.07, 6.45) is 4.65. The minimum atomic E-state index is -0.304. The molecule has 0 radical (unpaired) electrons. The summed E-state index contributed by atoms with van der Waals surface area (Å²) in [4.78, 5) is 16.8. The lowest BCUT2D eigenvalue weighted by molar-refractivity contribution is -0.125. The van der Waals surface area contributed by atoms with Crippen molar-refractivity contribution in [1.29, 1.82) is 0 Å². The van der Waals surface area contributed by atoms with E-state index in [0.29, 0.717) is 13.0 Å². The van der Waals surface area contributed by atoms with E-state index in [1.165, 1.54) is 0 Å². The van der Waals surface area contributed by atoms with Gasteiger partial charge < -0.3 is 15.5 Å². The van der Waals surface area contributed by atoms with Gasteiger partial charge in [0, 0.05) is 31.4 Å². The lowest BCUT2D eigenvalue weighted by Crippen LogP contribution is -2.36. The molecule has 2 heterocycles. The molecule has 0 aliphatic rings. The van der Waals surface area contributed by atoms with Crippen LogP contribution < -0.4 is 11.1 Å². The van der Waals surface area contributed by atoms with Crippen LogP contribution in [0.4, 0.5) is 0 Å². The number of carbonyl (C=O) groups is 1. The SMILES string of the molecule is CC(C(=O)NCCc1cn2ccccc2n1)C(N)c1ccccc1.Cl.Cl. The second-order valence-electron chi connectivity index (χ2n) is 5.96. The third-order valence-electron chi connectivity index (χ3n) is 4.23. The summed E-state index contributed by atoms with van der Waals surface area (Å²) in [6.45, 7) is 2.41. The maximum Gasteiger partial charge on any atom is 0.224 e. The van der Waals surface area contributed by atoms with Gasteiger partial charge in [-0.25, -0.2) is 4.98 Å². The molecule has 0 spiro atoms. The average molecular weight is 395 g/mol. The van der Waals surface area contributed by atoms with Gasteiger partial charge in [0.15, 0.2) is 0 Å². The number of fused-ring (bicyclic) bond motifs is 1. The van der Waals surface area contributed by atoms with Crippen molar-refractivity contribution in [2.24, 2.45) is 11.7 Å². The zero-order valence-corrected chi connectivity index (χ0v) is 16.2. The molecule has 0 saturated carbocycles. The van der Waals surface area contributed by atoms with Gasteiger partial charge in [-0.15, -0.1) is 24.8 Å². The van der Waals surface area contributed by atoms with Gasteiger partial charge in [-0.1, -0.05) is 43.3 Å². The van der Waals surface area contributed by atoms with E-state index in [1.54, 1.807) is 0 Å². The van der Waals surface area contributed by atoms with Gasteiger partial charge in [-0.3, -0.25) is 4.79 Å². The molecule has 26 heavy (non-hydrogen) atoms. The maximum atomic E-state index is 12.3. The lowest BCUT2D eigenvalue weighted by Gasteiger charge is -2.19. The quantitative estimate of drug-likeness (QED) is 0.674. The van der Waals surface area contributed by atoms with Crippen LogP contribution in [0.5, 0.6) is 0 Å². The number of imidazole rings is 1. The van der Waals surface area contributed by atoms with E-state index in [0.717, 1.165) is 16.9 Å². The number of carbonyl (C=O) groups excluding carboxylic acids is 1. The monoisotopic (exact) mass is 394 g/mol. The zero-order valence-electron chi connectivity index (χ0n) is 14.5. The van der Waals surface area contributed by atoms with Crippen molar-refractivity contribution in [3.8, 4) is 0 Å². The third-order valence-corrected chi connectivity index (χ3v) is 4.23. The van der Waals surface area contributed by atoms with Crippen LogP contribution in [-0.4, -0.2) is 21.8 Å². The van der Waals surface area contributed by atoms with E-state index in [4.69, 9.17) is 5.73 Å². The minimum absolute atomic E-state index is 0. The first-order chi connectivity index (χ1) is 11.6. The Morgan fingerprint density at radius 2 is 1.85 bits per heavy atom. The second-order valence-corrected chi connectivity index (χ2v) is 5.96. The van der Waals surface area contributed by atoms with Crippen molar-refractivity contribution in [1.82, 2.24) is 14.7 Å². The Labute approximate surface area is 165 Å². The first kappa shape index (κ1) is 22.0. The molecular weight excluding hydrogens is 371 g/mol. The summed E-state index contributed by atoms with van der Waals surface area (Å²) >= 11 is 0. The molecule has 1 amide bonds. The number of nitrogens with one attached hydrogen (secondary N) is 1. The number of rotatable bonds is 6. The highest BCUT2D eigenvalue weighted by Crippen LogP contribution is 2.18. The fourth-order valence-corrected chi connectivity index (χ4v) is 2.71. The largest absolute Gasteiger partial charge is 0.355 e. The number of hydrogen-bond acceptors (Lipinski definition) is 3.